The monoisotopic (exact) mass is 356 g/mol. The molecule has 0 spiro atoms. The van der Waals surface area contributed by atoms with E-state index in [1.54, 1.807) is 4.68 Å². The normalized spacial score (nSPS) is 11.1. The summed E-state index contributed by atoms with van der Waals surface area (Å²) < 4.78 is 2.76. The largest absolute Gasteiger partial charge is 0.313 e. The zero-order valence-electron chi connectivity index (χ0n) is 11.9. The molecule has 0 fully saturated rings. The lowest BCUT2D eigenvalue weighted by atomic mass is 10.2. The summed E-state index contributed by atoms with van der Waals surface area (Å²) in [6, 6.07) is 1.94. The second-order valence-electron chi connectivity index (χ2n) is 4.72. The van der Waals surface area contributed by atoms with E-state index in [4.69, 9.17) is 11.6 Å². The maximum Gasteiger partial charge on any atom is 0.172 e. The van der Waals surface area contributed by atoms with Crippen molar-refractivity contribution in [2.75, 3.05) is 6.54 Å². The van der Waals surface area contributed by atoms with Crippen molar-refractivity contribution in [3.05, 3.63) is 38.7 Å². The Hall–Kier alpha value is -0.910. The number of rotatable bonds is 5. The molecule has 1 N–H and O–H groups in total. The van der Waals surface area contributed by atoms with Gasteiger partial charge < -0.3 is 5.32 Å². The van der Waals surface area contributed by atoms with E-state index in [0.717, 1.165) is 40.9 Å². The Morgan fingerprint density at radius 2 is 2.15 bits per heavy atom. The molecule has 0 saturated heterocycles. The minimum Gasteiger partial charge on any atom is -0.313 e. The maximum absolute atomic E-state index is 6.34. The summed E-state index contributed by atoms with van der Waals surface area (Å²) in [5, 5.41) is 8.40. The molecule has 0 bridgehead atoms. The van der Waals surface area contributed by atoms with Gasteiger partial charge in [0.15, 0.2) is 5.82 Å². The third-order valence-electron chi connectivity index (χ3n) is 3.04. The van der Waals surface area contributed by atoms with Gasteiger partial charge in [0, 0.05) is 12.7 Å². The van der Waals surface area contributed by atoms with Crippen LogP contribution in [0.15, 0.2) is 16.7 Å². The number of hydrogen-bond acceptors (Lipinski definition) is 3. The van der Waals surface area contributed by atoms with Crippen LogP contribution in [0.4, 0.5) is 0 Å². The molecule has 0 aromatic carbocycles. The van der Waals surface area contributed by atoms with Crippen molar-refractivity contribution in [2.24, 2.45) is 0 Å². The van der Waals surface area contributed by atoms with Crippen molar-refractivity contribution >= 4 is 27.5 Å². The van der Waals surface area contributed by atoms with Crippen LogP contribution in [0.1, 0.15) is 30.3 Å². The second kappa shape index (κ2) is 6.70. The van der Waals surface area contributed by atoms with Crippen LogP contribution in [0.25, 0.3) is 5.82 Å². The highest BCUT2D eigenvalue weighted by Crippen LogP contribution is 2.26. The summed E-state index contributed by atoms with van der Waals surface area (Å²) >= 11 is 9.86. The summed E-state index contributed by atoms with van der Waals surface area (Å²) in [5.41, 5.74) is 3.00. The van der Waals surface area contributed by atoms with Crippen molar-refractivity contribution in [1.29, 1.82) is 0 Å². The zero-order chi connectivity index (χ0) is 14.7. The Labute approximate surface area is 132 Å². The second-order valence-corrected chi connectivity index (χ2v) is 5.92. The molecule has 0 aliphatic rings. The third-order valence-corrected chi connectivity index (χ3v) is 4.46. The number of hydrogen-bond donors (Lipinski definition) is 1. The number of aromatic nitrogens is 3. The summed E-state index contributed by atoms with van der Waals surface area (Å²) in [4.78, 5) is 4.45. The summed E-state index contributed by atoms with van der Waals surface area (Å²) in [6.07, 6.45) is 2.95. The van der Waals surface area contributed by atoms with Crippen LogP contribution >= 0.6 is 27.5 Å². The van der Waals surface area contributed by atoms with Gasteiger partial charge in [0.25, 0.3) is 0 Å². The first-order chi connectivity index (χ1) is 9.54. The molecule has 0 atom stereocenters. The highest BCUT2D eigenvalue weighted by molar-refractivity contribution is 9.10. The molecule has 0 amide bonds. The number of pyridine rings is 1. The van der Waals surface area contributed by atoms with Gasteiger partial charge >= 0.3 is 0 Å². The van der Waals surface area contributed by atoms with Gasteiger partial charge in [-0.05, 0) is 54.4 Å². The van der Waals surface area contributed by atoms with E-state index in [1.165, 1.54) is 0 Å². The molecule has 2 aromatic heterocycles. The molecule has 0 unspecified atom stereocenters. The molecule has 2 heterocycles. The Balaban J connectivity index is 2.27. The first-order valence-corrected chi connectivity index (χ1v) is 7.79. The predicted molar refractivity (Wildman–Crippen MR) is 85.5 cm³/mol. The van der Waals surface area contributed by atoms with E-state index in [9.17, 15) is 0 Å². The van der Waals surface area contributed by atoms with E-state index in [2.05, 4.69) is 38.3 Å². The lowest BCUT2D eigenvalue weighted by Crippen LogP contribution is -2.14. The van der Waals surface area contributed by atoms with Gasteiger partial charge in [0.2, 0.25) is 0 Å². The fourth-order valence-corrected chi connectivity index (χ4v) is 2.48. The number of nitrogens with one attached hydrogen (secondary N) is 1. The van der Waals surface area contributed by atoms with Gasteiger partial charge in [-0.1, -0.05) is 18.5 Å². The lowest BCUT2D eigenvalue weighted by Gasteiger charge is -2.08. The number of halogens is 2. The van der Waals surface area contributed by atoms with Crippen LogP contribution < -0.4 is 5.32 Å². The van der Waals surface area contributed by atoms with Gasteiger partial charge in [0.1, 0.15) is 0 Å². The Morgan fingerprint density at radius 3 is 2.70 bits per heavy atom. The summed E-state index contributed by atoms with van der Waals surface area (Å²) in [5.74, 6) is 0.664. The molecule has 0 aliphatic heterocycles. The molecular formula is C14H18BrClN4. The molecule has 0 aliphatic carbocycles. The van der Waals surface area contributed by atoms with Crippen LogP contribution in [0, 0.1) is 13.8 Å². The number of nitrogens with zero attached hydrogens (tertiary/aromatic N) is 3. The average molecular weight is 358 g/mol. The van der Waals surface area contributed by atoms with Gasteiger partial charge in [-0.2, -0.15) is 5.10 Å². The molecule has 0 saturated carbocycles. The lowest BCUT2D eigenvalue weighted by molar-refractivity contribution is 0.673. The predicted octanol–water partition coefficient (Wildman–Crippen LogP) is 3.80. The van der Waals surface area contributed by atoms with Crippen LogP contribution in [-0.2, 0) is 6.54 Å². The summed E-state index contributed by atoms with van der Waals surface area (Å²) in [6.45, 7) is 7.84. The smallest absolute Gasteiger partial charge is 0.172 e. The molecule has 4 nitrogen and oxygen atoms in total. The van der Waals surface area contributed by atoms with Gasteiger partial charge in [-0.3, -0.25) is 0 Å². The molecule has 2 aromatic rings. The average Bonchev–Trinajstić information content (AvgIpc) is 2.67. The van der Waals surface area contributed by atoms with Gasteiger partial charge in [-0.15, -0.1) is 0 Å². The quantitative estimate of drug-likeness (QED) is 0.828. The van der Waals surface area contributed by atoms with E-state index < -0.39 is 0 Å². The van der Waals surface area contributed by atoms with E-state index in [-0.39, 0.29) is 0 Å². The Bertz CT molecular complexity index is 609. The highest BCUT2D eigenvalue weighted by Gasteiger charge is 2.14. The van der Waals surface area contributed by atoms with Crippen LogP contribution in [-0.4, -0.2) is 21.3 Å². The third kappa shape index (κ3) is 3.22. The van der Waals surface area contributed by atoms with Crippen LogP contribution in [0.3, 0.4) is 0 Å². The van der Waals surface area contributed by atoms with Crippen molar-refractivity contribution in [2.45, 2.75) is 33.7 Å². The first-order valence-electron chi connectivity index (χ1n) is 6.61. The zero-order valence-corrected chi connectivity index (χ0v) is 14.2. The minimum absolute atomic E-state index is 0.610. The van der Waals surface area contributed by atoms with Crippen molar-refractivity contribution in [3.8, 4) is 5.82 Å². The van der Waals surface area contributed by atoms with E-state index >= 15 is 0 Å². The Kier molecular flexibility index (Phi) is 5.18. The fourth-order valence-electron chi connectivity index (χ4n) is 1.96. The molecular weight excluding hydrogens is 340 g/mol. The topological polar surface area (TPSA) is 42.7 Å². The van der Waals surface area contributed by atoms with Crippen LogP contribution in [0.2, 0.25) is 5.02 Å². The molecule has 0 radical (unpaired) electrons. The standard InChI is InChI=1S/C14H18BrClN4/c1-4-5-17-7-11-6-12(16)14(18-8-11)20-10(3)13(15)9(2)19-20/h6,8,17H,4-5,7H2,1-3H3. The Morgan fingerprint density at radius 1 is 1.40 bits per heavy atom. The molecule has 20 heavy (non-hydrogen) atoms. The van der Waals surface area contributed by atoms with E-state index in [0.29, 0.717) is 10.8 Å². The van der Waals surface area contributed by atoms with Crippen molar-refractivity contribution in [3.63, 3.8) is 0 Å². The SMILES string of the molecule is CCCNCc1cnc(-n2nc(C)c(Br)c2C)c(Cl)c1. The highest BCUT2D eigenvalue weighted by atomic mass is 79.9. The van der Waals surface area contributed by atoms with Crippen molar-refractivity contribution in [1.82, 2.24) is 20.1 Å². The molecule has 2 rings (SSSR count). The molecule has 6 heteroatoms. The van der Waals surface area contributed by atoms with E-state index in [1.807, 2.05) is 26.1 Å². The van der Waals surface area contributed by atoms with Gasteiger partial charge in [-0.25, -0.2) is 9.67 Å². The van der Waals surface area contributed by atoms with Crippen LogP contribution in [0.5, 0.6) is 0 Å². The molecule has 108 valence electrons. The summed E-state index contributed by atoms with van der Waals surface area (Å²) in [7, 11) is 0. The fraction of sp³-hybridized carbons (Fsp3) is 0.429. The first kappa shape index (κ1) is 15.5. The maximum atomic E-state index is 6.34. The van der Waals surface area contributed by atoms with Gasteiger partial charge in [0.05, 0.1) is 20.9 Å². The minimum atomic E-state index is 0.610. The van der Waals surface area contributed by atoms with Crippen molar-refractivity contribution < 1.29 is 0 Å². The number of aryl methyl sites for hydroxylation is 1.